The molecule has 2 nitrogen and oxygen atoms in total. The van der Waals surface area contributed by atoms with Crippen molar-refractivity contribution in [2.75, 3.05) is 0 Å². The van der Waals surface area contributed by atoms with Crippen molar-refractivity contribution in [2.45, 2.75) is 0 Å². The monoisotopic (exact) mass is 265 g/mol. The molecule has 58 valence electrons. The van der Waals surface area contributed by atoms with E-state index in [1.54, 1.807) is 0 Å². The number of hydrogen-bond acceptors (Lipinski definition) is 2. The molecule has 0 heterocycles. The SMILES string of the molecule is O=C([O-])c1ccc(I)cc1F. The van der Waals surface area contributed by atoms with Crippen LogP contribution in [-0.2, 0) is 0 Å². The maximum Gasteiger partial charge on any atom is 0.133 e. The Bertz CT molecular complexity index is 298. The van der Waals surface area contributed by atoms with E-state index in [1.807, 2.05) is 22.6 Å². The second-order valence-corrected chi connectivity index (χ2v) is 3.16. The Kier molecular flexibility index (Phi) is 2.43. The first-order chi connectivity index (χ1) is 5.11. The van der Waals surface area contributed by atoms with Gasteiger partial charge in [-0.15, -0.1) is 0 Å². The summed E-state index contributed by atoms with van der Waals surface area (Å²) in [4.78, 5) is 10.2. The number of carboxylic acid groups (broad SMARTS) is 1. The lowest BCUT2D eigenvalue weighted by molar-refractivity contribution is -0.255. The van der Waals surface area contributed by atoms with E-state index in [4.69, 9.17) is 0 Å². The van der Waals surface area contributed by atoms with Crippen LogP contribution >= 0.6 is 22.6 Å². The Labute approximate surface area is 76.2 Å². The van der Waals surface area contributed by atoms with Crippen molar-refractivity contribution in [3.8, 4) is 0 Å². The van der Waals surface area contributed by atoms with Crippen LogP contribution in [0.2, 0.25) is 0 Å². The molecule has 0 bridgehead atoms. The van der Waals surface area contributed by atoms with E-state index in [2.05, 4.69) is 0 Å². The molecule has 0 aliphatic carbocycles. The molecule has 0 saturated heterocycles. The Balaban J connectivity index is 3.20. The van der Waals surface area contributed by atoms with Crippen LogP contribution in [0.25, 0.3) is 0 Å². The van der Waals surface area contributed by atoms with Gasteiger partial charge in [-0.05, 0) is 40.8 Å². The van der Waals surface area contributed by atoms with Gasteiger partial charge in [0.15, 0.2) is 0 Å². The van der Waals surface area contributed by atoms with Crippen LogP contribution in [0.15, 0.2) is 18.2 Å². The number of benzene rings is 1. The fourth-order valence-corrected chi connectivity index (χ4v) is 1.11. The molecular weight excluding hydrogens is 262 g/mol. The zero-order chi connectivity index (χ0) is 8.43. The average Bonchev–Trinajstić information content (AvgIpc) is 1.85. The molecule has 1 aromatic carbocycles. The van der Waals surface area contributed by atoms with Crippen LogP contribution in [0.3, 0.4) is 0 Å². The number of carbonyl (C=O) groups excluding carboxylic acids is 1. The molecule has 0 unspecified atom stereocenters. The minimum atomic E-state index is -1.49. The summed E-state index contributed by atoms with van der Waals surface area (Å²) >= 11 is 1.89. The third-order valence-electron chi connectivity index (χ3n) is 1.15. The third-order valence-corrected chi connectivity index (χ3v) is 1.82. The highest BCUT2D eigenvalue weighted by atomic mass is 127. The molecule has 0 N–H and O–H groups in total. The second kappa shape index (κ2) is 3.17. The Morgan fingerprint density at radius 1 is 1.55 bits per heavy atom. The summed E-state index contributed by atoms with van der Waals surface area (Å²) in [6, 6.07) is 3.84. The molecule has 11 heavy (non-hydrogen) atoms. The van der Waals surface area contributed by atoms with Crippen molar-refractivity contribution in [1.29, 1.82) is 0 Å². The number of carboxylic acids is 1. The summed E-state index contributed by atoms with van der Waals surface area (Å²) in [5, 5.41) is 10.2. The summed E-state index contributed by atoms with van der Waals surface area (Å²) in [7, 11) is 0. The molecule has 0 radical (unpaired) electrons. The van der Waals surface area contributed by atoms with Gasteiger partial charge in [0, 0.05) is 9.13 Å². The molecule has 0 aliphatic heterocycles. The van der Waals surface area contributed by atoms with Gasteiger partial charge in [0.1, 0.15) is 5.82 Å². The van der Waals surface area contributed by atoms with Crippen molar-refractivity contribution in [3.05, 3.63) is 33.1 Å². The fourth-order valence-electron chi connectivity index (χ4n) is 0.655. The van der Waals surface area contributed by atoms with E-state index < -0.39 is 17.3 Å². The molecule has 1 rings (SSSR count). The Hall–Kier alpha value is -0.650. The molecule has 0 aliphatic rings. The number of aromatic carboxylic acids is 1. The lowest BCUT2D eigenvalue weighted by atomic mass is 10.2. The second-order valence-electron chi connectivity index (χ2n) is 1.91. The molecule has 0 fully saturated rings. The maximum atomic E-state index is 12.7. The molecule has 1 aromatic rings. The first-order valence-corrected chi connectivity index (χ1v) is 3.85. The summed E-state index contributed by atoms with van der Waals surface area (Å²) < 4.78 is 13.3. The topological polar surface area (TPSA) is 40.1 Å². The molecule has 0 aromatic heterocycles. The van der Waals surface area contributed by atoms with Gasteiger partial charge < -0.3 is 9.90 Å². The summed E-state index contributed by atoms with van der Waals surface area (Å²) in [5.74, 6) is -2.24. The van der Waals surface area contributed by atoms with Crippen LogP contribution in [0.1, 0.15) is 10.4 Å². The number of rotatable bonds is 1. The van der Waals surface area contributed by atoms with Gasteiger partial charge in [0.05, 0.1) is 5.97 Å². The van der Waals surface area contributed by atoms with Gasteiger partial charge >= 0.3 is 0 Å². The minimum Gasteiger partial charge on any atom is -0.545 e. The lowest BCUT2D eigenvalue weighted by Gasteiger charge is -2.02. The van der Waals surface area contributed by atoms with Crippen LogP contribution < -0.4 is 5.11 Å². The van der Waals surface area contributed by atoms with Crippen molar-refractivity contribution < 1.29 is 14.3 Å². The first-order valence-electron chi connectivity index (χ1n) is 2.77. The minimum absolute atomic E-state index is 0.398. The lowest BCUT2D eigenvalue weighted by Crippen LogP contribution is -2.23. The predicted octanol–water partition coefficient (Wildman–Crippen LogP) is 0.794. The normalized spacial score (nSPS) is 9.64. The highest BCUT2D eigenvalue weighted by Crippen LogP contribution is 2.10. The van der Waals surface area contributed by atoms with E-state index in [0.717, 1.165) is 6.07 Å². The van der Waals surface area contributed by atoms with Crippen molar-refractivity contribution in [3.63, 3.8) is 0 Å². The summed E-state index contributed by atoms with van der Waals surface area (Å²) in [5.41, 5.74) is -0.398. The fraction of sp³-hybridized carbons (Fsp3) is 0. The number of halogens is 2. The van der Waals surface area contributed by atoms with Gasteiger partial charge in [0.25, 0.3) is 0 Å². The highest BCUT2D eigenvalue weighted by Gasteiger charge is 2.01. The molecule has 4 heteroatoms. The quantitative estimate of drug-likeness (QED) is 0.704. The molecule has 0 saturated carbocycles. The average molecular weight is 265 g/mol. The van der Waals surface area contributed by atoms with E-state index in [-0.39, 0.29) is 0 Å². The van der Waals surface area contributed by atoms with Crippen molar-refractivity contribution in [1.82, 2.24) is 0 Å². The highest BCUT2D eigenvalue weighted by molar-refractivity contribution is 14.1. The molecule has 0 atom stereocenters. The van der Waals surface area contributed by atoms with E-state index >= 15 is 0 Å². The van der Waals surface area contributed by atoms with Gasteiger partial charge in [-0.3, -0.25) is 0 Å². The van der Waals surface area contributed by atoms with Crippen molar-refractivity contribution >= 4 is 28.6 Å². The van der Waals surface area contributed by atoms with Gasteiger partial charge in [-0.1, -0.05) is 0 Å². The predicted molar refractivity (Wildman–Crippen MR) is 43.4 cm³/mol. The van der Waals surface area contributed by atoms with E-state index in [0.29, 0.717) is 3.57 Å². The van der Waals surface area contributed by atoms with Crippen LogP contribution in [0.4, 0.5) is 4.39 Å². The molecule has 0 amide bonds. The zero-order valence-corrected chi connectivity index (χ0v) is 7.46. The largest absolute Gasteiger partial charge is 0.545 e. The van der Waals surface area contributed by atoms with Crippen LogP contribution in [-0.4, -0.2) is 5.97 Å². The molecular formula is C7H3FIO2-. The summed E-state index contributed by atoms with van der Waals surface area (Å²) in [6.07, 6.45) is 0. The maximum absolute atomic E-state index is 12.7. The third kappa shape index (κ3) is 1.89. The van der Waals surface area contributed by atoms with E-state index in [1.165, 1.54) is 12.1 Å². The van der Waals surface area contributed by atoms with Gasteiger partial charge in [0.2, 0.25) is 0 Å². The number of hydrogen-bond donors (Lipinski definition) is 0. The van der Waals surface area contributed by atoms with Crippen molar-refractivity contribution in [2.24, 2.45) is 0 Å². The van der Waals surface area contributed by atoms with Crippen LogP contribution in [0, 0.1) is 9.39 Å². The number of carbonyl (C=O) groups is 1. The smallest absolute Gasteiger partial charge is 0.133 e. The first kappa shape index (κ1) is 8.45. The van der Waals surface area contributed by atoms with E-state index in [9.17, 15) is 14.3 Å². The molecule has 0 spiro atoms. The van der Waals surface area contributed by atoms with Gasteiger partial charge in [-0.25, -0.2) is 4.39 Å². The van der Waals surface area contributed by atoms with Gasteiger partial charge in [-0.2, -0.15) is 0 Å². The summed E-state index contributed by atoms with van der Waals surface area (Å²) in [6.45, 7) is 0. The Morgan fingerprint density at radius 2 is 2.18 bits per heavy atom. The Morgan fingerprint density at radius 3 is 2.64 bits per heavy atom. The van der Waals surface area contributed by atoms with Crippen LogP contribution in [0.5, 0.6) is 0 Å². The zero-order valence-electron chi connectivity index (χ0n) is 5.30. The standard InChI is InChI=1S/C7H4FIO2/c8-6-3-4(9)1-2-5(6)7(10)11/h1-3H,(H,10,11)/p-1.